The van der Waals surface area contributed by atoms with Gasteiger partial charge in [-0.05, 0) is 54.0 Å². The molecule has 5 heteroatoms. The molecule has 0 aliphatic heterocycles. The van der Waals surface area contributed by atoms with Gasteiger partial charge in [-0.1, -0.05) is 11.6 Å². The molecule has 1 aromatic heterocycles. The standard InChI is InChI=1S/C14H13BrN2O2/c1-8-3-5-12(18)10(7-8)14(19)17-13-6-4-11(15)9(2)16-13/h3-7,18H,1-2H3,(H,16,17,19). The third-order valence-corrected chi connectivity index (χ3v) is 3.50. The average Bonchev–Trinajstić information content (AvgIpc) is 2.36. The minimum absolute atomic E-state index is 0.0445. The number of phenols is 1. The van der Waals surface area contributed by atoms with Crippen LogP contribution in [0.5, 0.6) is 5.75 Å². The van der Waals surface area contributed by atoms with Gasteiger partial charge < -0.3 is 10.4 Å². The van der Waals surface area contributed by atoms with Crippen LogP contribution in [-0.4, -0.2) is 16.0 Å². The largest absolute Gasteiger partial charge is 0.507 e. The second kappa shape index (κ2) is 5.40. The summed E-state index contributed by atoms with van der Waals surface area (Å²) in [6.07, 6.45) is 0. The summed E-state index contributed by atoms with van der Waals surface area (Å²) in [5.41, 5.74) is 1.93. The highest BCUT2D eigenvalue weighted by atomic mass is 79.9. The van der Waals surface area contributed by atoms with E-state index < -0.39 is 0 Å². The van der Waals surface area contributed by atoms with Crippen molar-refractivity contribution in [2.75, 3.05) is 5.32 Å². The molecule has 19 heavy (non-hydrogen) atoms. The third-order valence-electron chi connectivity index (χ3n) is 2.66. The number of pyridine rings is 1. The van der Waals surface area contributed by atoms with Crippen LogP contribution in [0.4, 0.5) is 5.82 Å². The number of hydrogen-bond donors (Lipinski definition) is 2. The predicted molar refractivity (Wildman–Crippen MR) is 77.5 cm³/mol. The van der Waals surface area contributed by atoms with E-state index in [-0.39, 0.29) is 17.2 Å². The number of nitrogens with zero attached hydrogens (tertiary/aromatic N) is 1. The van der Waals surface area contributed by atoms with Crippen molar-refractivity contribution in [1.82, 2.24) is 4.98 Å². The Kier molecular flexibility index (Phi) is 3.85. The first-order valence-electron chi connectivity index (χ1n) is 5.71. The van der Waals surface area contributed by atoms with Crippen LogP contribution in [0.15, 0.2) is 34.8 Å². The normalized spacial score (nSPS) is 10.3. The molecule has 0 radical (unpaired) electrons. The molecular weight excluding hydrogens is 308 g/mol. The van der Waals surface area contributed by atoms with Gasteiger partial charge in [-0.15, -0.1) is 0 Å². The molecule has 0 aliphatic rings. The number of amides is 1. The summed E-state index contributed by atoms with van der Waals surface area (Å²) in [6.45, 7) is 3.70. The topological polar surface area (TPSA) is 62.2 Å². The highest BCUT2D eigenvalue weighted by Crippen LogP contribution is 2.21. The van der Waals surface area contributed by atoms with Gasteiger partial charge in [0, 0.05) is 4.47 Å². The number of benzene rings is 1. The number of phenolic OH excluding ortho intramolecular Hbond substituents is 1. The zero-order valence-corrected chi connectivity index (χ0v) is 12.2. The molecular formula is C14H13BrN2O2. The fourth-order valence-electron chi connectivity index (χ4n) is 1.63. The van der Waals surface area contributed by atoms with E-state index in [1.165, 1.54) is 6.07 Å². The van der Waals surface area contributed by atoms with E-state index in [0.29, 0.717) is 5.82 Å². The van der Waals surface area contributed by atoms with Gasteiger partial charge in [-0.3, -0.25) is 4.79 Å². The first-order chi connectivity index (χ1) is 8.97. The highest BCUT2D eigenvalue weighted by Gasteiger charge is 2.12. The number of aromatic hydroxyl groups is 1. The van der Waals surface area contributed by atoms with Gasteiger partial charge in [0.1, 0.15) is 11.6 Å². The van der Waals surface area contributed by atoms with Crippen LogP contribution < -0.4 is 5.32 Å². The second-order valence-corrected chi connectivity index (χ2v) is 5.09. The Hall–Kier alpha value is -1.88. The first kappa shape index (κ1) is 13.5. The van der Waals surface area contributed by atoms with Gasteiger partial charge in [0.25, 0.3) is 5.91 Å². The molecule has 0 spiro atoms. The van der Waals surface area contributed by atoms with Crippen molar-refractivity contribution in [3.63, 3.8) is 0 Å². The molecule has 4 nitrogen and oxygen atoms in total. The predicted octanol–water partition coefficient (Wildman–Crippen LogP) is 3.42. The third kappa shape index (κ3) is 3.12. The molecule has 1 amide bonds. The van der Waals surface area contributed by atoms with Crippen LogP contribution in [0, 0.1) is 13.8 Å². The van der Waals surface area contributed by atoms with Crippen LogP contribution in [-0.2, 0) is 0 Å². The Morgan fingerprint density at radius 2 is 2.00 bits per heavy atom. The highest BCUT2D eigenvalue weighted by molar-refractivity contribution is 9.10. The van der Waals surface area contributed by atoms with Gasteiger partial charge in [-0.25, -0.2) is 4.98 Å². The summed E-state index contributed by atoms with van der Waals surface area (Å²) >= 11 is 3.35. The molecule has 0 aliphatic carbocycles. The van der Waals surface area contributed by atoms with Crippen LogP contribution in [0.2, 0.25) is 0 Å². The molecule has 0 bridgehead atoms. The van der Waals surface area contributed by atoms with Gasteiger partial charge in [-0.2, -0.15) is 0 Å². The Bertz CT molecular complexity index is 641. The Labute approximate surface area is 119 Å². The monoisotopic (exact) mass is 320 g/mol. The number of aromatic nitrogens is 1. The molecule has 0 unspecified atom stereocenters. The zero-order chi connectivity index (χ0) is 14.0. The maximum Gasteiger partial charge on any atom is 0.260 e. The van der Waals surface area contributed by atoms with E-state index in [0.717, 1.165) is 15.7 Å². The maximum atomic E-state index is 12.1. The minimum Gasteiger partial charge on any atom is -0.507 e. The minimum atomic E-state index is -0.379. The smallest absolute Gasteiger partial charge is 0.260 e. The van der Waals surface area contributed by atoms with E-state index in [1.54, 1.807) is 18.2 Å². The molecule has 1 aromatic carbocycles. The Balaban J connectivity index is 2.25. The zero-order valence-electron chi connectivity index (χ0n) is 10.6. The number of rotatable bonds is 2. The molecule has 0 atom stereocenters. The lowest BCUT2D eigenvalue weighted by molar-refractivity contribution is 0.102. The summed E-state index contributed by atoms with van der Waals surface area (Å²) in [5.74, 6) is 0.0268. The number of aryl methyl sites for hydroxylation is 2. The lowest BCUT2D eigenvalue weighted by atomic mass is 10.1. The van der Waals surface area contributed by atoms with Crippen molar-refractivity contribution >= 4 is 27.7 Å². The lowest BCUT2D eigenvalue weighted by Gasteiger charge is -2.08. The first-order valence-corrected chi connectivity index (χ1v) is 6.51. The van der Waals surface area contributed by atoms with Crippen molar-refractivity contribution in [3.05, 3.63) is 51.6 Å². The number of carbonyl (C=O) groups excluding carboxylic acids is 1. The molecule has 2 aromatic rings. The van der Waals surface area contributed by atoms with Crippen LogP contribution in [0.1, 0.15) is 21.6 Å². The van der Waals surface area contributed by atoms with Crippen molar-refractivity contribution in [2.24, 2.45) is 0 Å². The van der Waals surface area contributed by atoms with E-state index in [2.05, 4.69) is 26.2 Å². The summed E-state index contributed by atoms with van der Waals surface area (Å²) in [6, 6.07) is 8.39. The molecule has 0 fully saturated rings. The van der Waals surface area contributed by atoms with E-state index in [1.807, 2.05) is 19.9 Å². The van der Waals surface area contributed by atoms with Gasteiger partial charge in [0.2, 0.25) is 0 Å². The maximum absolute atomic E-state index is 12.1. The second-order valence-electron chi connectivity index (χ2n) is 4.24. The van der Waals surface area contributed by atoms with E-state index >= 15 is 0 Å². The molecule has 0 saturated heterocycles. The molecule has 0 saturated carbocycles. The SMILES string of the molecule is Cc1ccc(O)c(C(=O)Nc2ccc(Br)c(C)n2)c1. The van der Waals surface area contributed by atoms with Gasteiger partial charge in [0.05, 0.1) is 11.3 Å². The number of nitrogens with one attached hydrogen (secondary N) is 1. The fraction of sp³-hybridized carbons (Fsp3) is 0.143. The fourth-order valence-corrected chi connectivity index (χ4v) is 1.85. The average molecular weight is 321 g/mol. The summed E-state index contributed by atoms with van der Waals surface area (Å²) in [7, 11) is 0. The lowest BCUT2D eigenvalue weighted by Crippen LogP contribution is -2.13. The number of halogens is 1. The van der Waals surface area contributed by atoms with Crippen LogP contribution in [0.25, 0.3) is 0 Å². The van der Waals surface area contributed by atoms with Crippen molar-refractivity contribution in [3.8, 4) is 5.75 Å². The van der Waals surface area contributed by atoms with Crippen molar-refractivity contribution in [2.45, 2.75) is 13.8 Å². The number of hydrogen-bond acceptors (Lipinski definition) is 3. The quantitative estimate of drug-likeness (QED) is 0.891. The summed E-state index contributed by atoms with van der Waals surface area (Å²) in [5, 5.41) is 12.4. The Morgan fingerprint density at radius 1 is 1.26 bits per heavy atom. The molecule has 2 N–H and O–H groups in total. The molecule has 1 heterocycles. The van der Waals surface area contributed by atoms with Crippen molar-refractivity contribution < 1.29 is 9.90 Å². The van der Waals surface area contributed by atoms with Crippen LogP contribution in [0.3, 0.4) is 0 Å². The van der Waals surface area contributed by atoms with Crippen molar-refractivity contribution in [1.29, 1.82) is 0 Å². The molecule has 98 valence electrons. The van der Waals surface area contributed by atoms with Gasteiger partial charge in [0.15, 0.2) is 0 Å². The van der Waals surface area contributed by atoms with Gasteiger partial charge >= 0.3 is 0 Å². The molecule has 2 rings (SSSR count). The van der Waals surface area contributed by atoms with Crippen LogP contribution >= 0.6 is 15.9 Å². The number of carbonyl (C=O) groups is 1. The van der Waals surface area contributed by atoms with E-state index in [9.17, 15) is 9.90 Å². The Morgan fingerprint density at radius 3 is 2.68 bits per heavy atom. The van der Waals surface area contributed by atoms with E-state index in [4.69, 9.17) is 0 Å². The summed E-state index contributed by atoms with van der Waals surface area (Å²) in [4.78, 5) is 16.3. The summed E-state index contributed by atoms with van der Waals surface area (Å²) < 4.78 is 0.879. The number of anilines is 1.